The summed E-state index contributed by atoms with van der Waals surface area (Å²) >= 11 is 0. The van der Waals surface area contributed by atoms with E-state index in [0.29, 0.717) is 30.2 Å². The van der Waals surface area contributed by atoms with E-state index >= 15 is 0 Å². The summed E-state index contributed by atoms with van der Waals surface area (Å²) in [6.07, 6.45) is 3.10. The SMILES string of the molecule is CC(=O)N1CCN(c2cccc(-c3cc(-c4ccc(N)nc4)c4c(N)ncnn34)c2)C(=O)C1(C)C. The van der Waals surface area contributed by atoms with Crippen LogP contribution in [0.5, 0.6) is 0 Å². The molecule has 10 heteroatoms. The number of nitrogens with zero attached hydrogens (tertiary/aromatic N) is 6. The molecular weight excluding hydrogens is 444 g/mol. The molecule has 10 nitrogen and oxygen atoms in total. The molecule has 0 aliphatic carbocycles. The third-order valence-corrected chi connectivity index (χ3v) is 6.50. The molecule has 1 aliphatic rings. The maximum Gasteiger partial charge on any atom is 0.252 e. The third kappa shape index (κ3) is 3.63. The van der Waals surface area contributed by atoms with Crippen molar-refractivity contribution < 1.29 is 9.59 Å². The van der Waals surface area contributed by atoms with Crippen molar-refractivity contribution in [1.29, 1.82) is 0 Å². The highest BCUT2D eigenvalue weighted by molar-refractivity contribution is 6.03. The first-order valence-electron chi connectivity index (χ1n) is 11.2. The van der Waals surface area contributed by atoms with Gasteiger partial charge in [0.25, 0.3) is 5.91 Å². The van der Waals surface area contributed by atoms with Crippen LogP contribution in [0.4, 0.5) is 17.3 Å². The zero-order valence-electron chi connectivity index (χ0n) is 19.8. The number of hydrogen-bond acceptors (Lipinski definition) is 7. The Morgan fingerprint density at radius 1 is 1.03 bits per heavy atom. The van der Waals surface area contributed by atoms with Gasteiger partial charge in [0, 0.05) is 48.6 Å². The summed E-state index contributed by atoms with van der Waals surface area (Å²) in [4.78, 5) is 37.1. The number of nitrogens with two attached hydrogens (primary N) is 2. The van der Waals surface area contributed by atoms with Crippen LogP contribution in [0.3, 0.4) is 0 Å². The Hall–Kier alpha value is -4.47. The number of piperazine rings is 1. The van der Waals surface area contributed by atoms with Crippen molar-refractivity contribution in [2.75, 3.05) is 29.5 Å². The van der Waals surface area contributed by atoms with Crippen molar-refractivity contribution in [3.63, 3.8) is 0 Å². The van der Waals surface area contributed by atoms with Crippen molar-refractivity contribution >= 4 is 34.7 Å². The molecule has 0 spiro atoms. The van der Waals surface area contributed by atoms with E-state index in [2.05, 4.69) is 15.1 Å². The summed E-state index contributed by atoms with van der Waals surface area (Å²) in [5, 5.41) is 4.45. The van der Waals surface area contributed by atoms with Crippen LogP contribution >= 0.6 is 0 Å². The van der Waals surface area contributed by atoms with Crippen LogP contribution in [0.2, 0.25) is 0 Å². The molecule has 4 N–H and O–H groups in total. The molecular formula is C25H26N8O2. The van der Waals surface area contributed by atoms with Gasteiger partial charge in [-0.15, -0.1) is 0 Å². The van der Waals surface area contributed by atoms with Crippen LogP contribution in [-0.4, -0.2) is 54.9 Å². The number of amides is 2. The van der Waals surface area contributed by atoms with E-state index in [1.54, 1.807) is 40.4 Å². The van der Waals surface area contributed by atoms with E-state index in [1.165, 1.54) is 13.3 Å². The van der Waals surface area contributed by atoms with Crippen LogP contribution in [0.15, 0.2) is 55.0 Å². The fourth-order valence-corrected chi connectivity index (χ4v) is 4.72. The van der Waals surface area contributed by atoms with Gasteiger partial charge < -0.3 is 21.3 Å². The first-order valence-corrected chi connectivity index (χ1v) is 11.2. The molecule has 4 aromatic rings. The fourth-order valence-electron chi connectivity index (χ4n) is 4.72. The Bertz CT molecular complexity index is 1460. The predicted octanol–water partition coefficient (Wildman–Crippen LogP) is 2.60. The zero-order chi connectivity index (χ0) is 24.9. The number of anilines is 3. The molecule has 4 heterocycles. The molecule has 3 aromatic heterocycles. The Kier molecular flexibility index (Phi) is 5.16. The molecule has 178 valence electrons. The number of carbonyl (C=O) groups is 2. The van der Waals surface area contributed by atoms with Gasteiger partial charge in [-0.05, 0) is 44.2 Å². The van der Waals surface area contributed by atoms with Gasteiger partial charge in [0.05, 0.1) is 5.69 Å². The maximum atomic E-state index is 13.4. The lowest BCUT2D eigenvalue weighted by Gasteiger charge is -2.45. The van der Waals surface area contributed by atoms with E-state index in [-0.39, 0.29) is 11.8 Å². The number of aromatic nitrogens is 4. The number of nitrogen functional groups attached to an aromatic ring is 2. The Morgan fingerprint density at radius 2 is 1.83 bits per heavy atom. The Labute approximate surface area is 202 Å². The van der Waals surface area contributed by atoms with Crippen LogP contribution in [0.1, 0.15) is 20.8 Å². The molecule has 1 fully saturated rings. The van der Waals surface area contributed by atoms with E-state index in [9.17, 15) is 9.59 Å². The molecule has 1 aliphatic heterocycles. The van der Waals surface area contributed by atoms with Gasteiger partial charge in [0.2, 0.25) is 5.91 Å². The van der Waals surface area contributed by atoms with Gasteiger partial charge in [-0.25, -0.2) is 14.5 Å². The molecule has 0 unspecified atom stereocenters. The maximum absolute atomic E-state index is 13.4. The number of carbonyl (C=O) groups excluding carboxylic acids is 2. The van der Waals surface area contributed by atoms with Crippen molar-refractivity contribution in [1.82, 2.24) is 24.5 Å². The summed E-state index contributed by atoms with van der Waals surface area (Å²) < 4.78 is 1.74. The van der Waals surface area contributed by atoms with Crippen LogP contribution in [0.25, 0.3) is 27.9 Å². The minimum absolute atomic E-state index is 0.113. The van der Waals surface area contributed by atoms with E-state index in [0.717, 1.165) is 28.1 Å². The largest absolute Gasteiger partial charge is 0.384 e. The quantitative estimate of drug-likeness (QED) is 0.470. The number of benzene rings is 1. The second kappa shape index (κ2) is 8.08. The van der Waals surface area contributed by atoms with Crippen molar-refractivity contribution in [3.8, 4) is 22.4 Å². The standard InChI is InChI=1S/C25H26N8O2/c1-15(34)32-10-9-31(24(35)25(32,2)3)18-6-4-5-16(11-18)20-12-19(17-7-8-21(26)28-13-17)22-23(27)29-14-30-33(20)22/h4-8,11-14H,9-10H2,1-3H3,(H2,26,28)(H2,27,29,30). The summed E-state index contributed by atoms with van der Waals surface area (Å²) in [5.41, 5.74) is 15.8. The molecule has 2 amide bonds. The van der Waals surface area contributed by atoms with Gasteiger partial charge in [-0.3, -0.25) is 9.59 Å². The molecule has 35 heavy (non-hydrogen) atoms. The topological polar surface area (TPSA) is 136 Å². The smallest absolute Gasteiger partial charge is 0.252 e. The summed E-state index contributed by atoms with van der Waals surface area (Å²) in [6.45, 7) is 5.92. The van der Waals surface area contributed by atoms with Crippen molar-refractivity contribution in [2.45, 2.75) is 26.3 Å². The van der Waals surface area contributed by atoms with Gasteiger partial charge in [-0.1, -0.05) is 12.1 Å². The minimum atomic E-state index is -0.932. The molecule has 0 bridgehead atoms. The normalized spacial score (nSPS) is 15.6. The molecule has 1 aromatic carbocycles. The van der Waals surface area contributed by atoms with Gasteiger partial charge in [-0.2, -0.15) is 5.10 Å². The number of fused-ring (bicyclic) bond motifs is 1. The van der Waals surface area contributed by atoms with Crippen LogP contribution in [-0.2, 0) is 9.59 Å². The second-order valence-corrected chi connectivity index (χ2v) is 9.06. The lowest BCUT2D eigenvalue weighted by Crippen LogP contribution is -2.64. The Balaban J connectivity index is 1.60. The zero-order valence-corrected chi connectivity index (χ0v) is 19.8. The number of pyridine rings is 1. The fraction of sp³-hybridized carbons (Fsp3) is 0.240. The minimum Gasteiger partial charge on any atom is -0.384 e. The van der Waals surface area contributed by atoms with Crippen molar-refractivity contribution in [3.05, 3.63) is 55.0 Å². The molecule has 0 saturated carbocycles. The van der Waals surface area contributed by atoms with Gasteiger partial charge in [0.1, 0.15) is 23.2 Å². The molecule has 5 rings (SSSR count). The first kappa shape index (κ1) is 22.3. The summed E-state index contributed by atoms with van der Waals surface area (Å²) in [5.74, 6) is 0.521. The number of rotatable bonds is 3. The highest BCUT2D eigenvalue weighted by Gasteiger charge is 2.43. The number of hydrogen-bond donors (Lipinski definition) is 2. The van der Waals surface area contributed by atoms with E-state index in [4.69, 9.17) is 11.5 Å². The lowest BCUT2D eigenvalue weighted by atomic mass is 9.96. The van der Waals surface area contributed by atoms with Crippen LogP contribution in [0, 0.1) is 0 Å². The van der Waals surface area contributed by atoms with E-state index in [1.807, 2.05) is 36.4 Å². The first-order chi connectivity index (χ1) is 16.7. The van der Waals surface area contributed by atoms with Gasteiger partial charge >= 0.3 is 0 Å². The Morgan fingerprint density at radius 3 is 2.54 bits per heavy atom. The van der Waals surface area contributed by atoms with Crippen molar-refractivity contribution in [2.24, 2.45) is 0 Å². The highest BCUT2D eigenvalue weighted by Crippen LogP contribution is 2.36. The highest BCUT2D eigenvalue weighted by atomic mass is 16.2. The third-order valence-electron chi connectivity index (χ3n) is 6.50. The molecule has 0 atom stereocenters. The monoisotopic (exact) mass is 470 g/mol. The summed E-state index contributed by atoms with van der Waals surface area (Å²) in [6, 6.07) is 13.3. The van der Waals surface area contributed by atoms with Gasteiger partial charge in [0.15, 0.2) is 5.82 Å². The average molecular weight is 471 g/mol. The molecule has 1 saturated heterocycles. The predicted molar refractivity (Wildman–Crippen MR) is 134 cm³/mol. The average Bonchev–Trinajstić information content (AvgIpc) is 3.22. The molecule has 0 radical (unpaired) electrons. The van der Waals surface area contributed by atoms with Crippen LogP contribution < -0.4 is 16.4 Å². The summed E-state index contributed by atoms with van der Waals surface area (Å²) in [7, 11) is 0. The second-order valence-electron chi connectivity index (χ2n) is 9.06. The lowest BCUT2D eigenvalue weighted by molar-refractivity contribution is -0.145. The van der Waals surface area contributed by atoms with E-state index < -0.39 is 5.54 Å².